The lowest BCUT2D eigenvalue weighted by atomic mass is 9.85. The summed E-state index contributed by atoms with van der Waals surface area (Å²) in [6.45, 7) is 3.10. The molecule has 1 N–H and O–H groups in total. The molecule has 5 heterocycles. The van der Waals surface area contributed by atoms with Crippen LogP contribution < -0.4 is 10.9 Å². The number of aryl methyl sites for hydroxylation is 2. The van der Waals surface area contributed by atoms with Crippen molar-refractivity contribution in [2.75, 3.05) is 36.5 Å². The first-order valence-electron chi connectivity index (χ1n) is 16.8. The standard InChI is InChI=1S/C35H45F3N4O3S/c1-23-25-8-6-9-29(20-25)35(37,38)28-11-15-42(16-12-28)22-30(36)10-5-3-4-7-26-19-27(24-13-17-46(44,45)18-14-24)21-31-32(26)34(43)41(2)40-33(31)39-23/h6,8-9,19-21,23-24,28,30H,3-5,7,10-18,22H2,1-2H3,(H,39,40)/t23-,30?/m1/s1. The number of piperidine rings is 1. The summed E-state index contributed by atoms with van der Waals surface area (Å²) in [6, 6.07) is 10.2. The molecule has 0 spiro atoms. The van der Waals surface area contributed by atoms with E-state index in [-0.39, 0.29) is 35.1 Å². The SMILES string of the molecule is C[C@H]1Nc2nn(C)c(=O)c3c(cc(C4CCS(=O)(=O)CC4)cc23)CCCCCC(F)CN2CCC(CC2)C(F)(F)c2cccc1c2. The Kier molecular flexibility index (Phi) is 9.54. The molecule has 4 aliphatic rings. The highest BCUT2D eigenvalue weighted by atomic mass is 32.2. The number of rotatable bonds is 1. The number of sulfone groups is 1. The topological polar surface area (TPSA) is 84.3 Å². The highest BCUT2D eigenvalue weighted by Crippen LogP contribution is 2.42. The van der Waals surface area contributed by atoms with E-state index in [9.17, 15) is 17.6 Å². The predicted octanol–water partition coefficient (Wildman–Crippen LogP) is 6.66. The number of nitrogens with one attached hydrogen (secondary N) is 1. The molecule has 1 aromatic heterocycles. The maximum atomic E-state index is 15.9. The van der Waals surface area contributed by atoms with Crippen molar-refractivity contribution in [3.63, 3.8) is 0 Å². The van der Waals surface area contributed by atoms with Crippen molar-refractivity contribution in [2.45, 2.75) is 88.8 Å². The summed E-state index contributed by atoms with van der Waals surface area (Å²) in [5, 5.41) is 9.24. The molecule has 7 rings (SSSR count). The molecule has 7 nitrogen and oxygen atoms in total. The van der Waals surface area contributed by atoms with Crippen LogP contribution in [-0.4, -0.2) is 60.4 Å². The van der Waals surface area contributed by atoms with Crippen LogP contribution in [0.15, 0.2) is 41.2 Å². The second kappa shape index (κ2) is 13.3. The minimum atomic E-state index is -3.06. The number of aromatic nitrogens is 2. The van der Waals surface area contributed by atoms with Crippen molar-refractivity contribution in [3.8, 4) is 0 Å². The van der Waals surface area contributed by atoms with Gasteiger partial charge in [-0.2, -0.15) is 5.10 Å². The van der Waals surface area contributed by atoms with E-state index in [1.165, 1.54) is 10.7 Å². The Morgan fingerprint density at radius 2 is 1.70 bits per heavy atom. The van der Waals surface area contributed by atoms with Crippen molar-refractivity contribution in [1.82, 2.24) is 14.7 Å². The minimum Gasteiger partial charge on any atom is -0.362 e. The lowest BCUT2D eigenvalue weighted by molar-refractivity contribution is -0.0865. The van der Waals surface area contributed by atoms with Gasteiger partial charge in [0.2, 0.25) is 0 Å². The number of hydrogen-bond donors (Lipinski definition) is 1. The molecule has 0 aliphatic carbocycles. The molecule has 2 atom stereocenters. The predicted molar refractivity (Wildman–Crippen MR) is 176 cm³/mol. The number of nitrogens with zero attached hydrogens (tertiary/aromatic N) is 3. The van der Waals surface area contributed by atoms with Crippen LogP contribution in [0.3, 0.4) is 0 Å². The molecule has 3 aromatic rings. The van der Waals surface area contributed by atoms with Gasteiger partial charge in [-0.05, 0) is 99.7 Å². The molecular weight excluding hydrogens is 613 g/mol. The molecule has 0 amide bonds. The highest BCUT2D eigenvalue weighted by Gasteiger charge is 2.43. The summed E-state index contributed by atoms with van der Waals surface area (Å²) >= 11 is 0. The van der Waals surface area contributed by atoms with Crippen LogP contribution >= 0.6 is 0 Å². The molecule has 11 heteroatoms. The quantitative estimate of drug-likeness (QED) is 0.315. The Labute approximate surface area is 269 Å². The second-order valence-electron chi connectivity index (χ2n) is 13.7. The van der Waals surface area contributed by atoms with Gasteiger partial charge >= 0.3 is 0 Å². The molecule has 250 valence electrons. The Morgan fingerprint density at radius 3 is 2.43 bits per heavy atom. The molecule has 8 bridgehead atoms. The van der Waals surface area contributed by atoms with Crippen LogP contribution in [0.4, 0.5) is 19.0 Å². The van der Waals surface area contributed by atoms with Gasteiger partial charge in [-0.15, -0.1) is 0 Å². The number of hydrogen-bond acceptors (Lipinski definition) is 6. The van der Waals surface area contributed by atoms with Crippen LogP contribution in [0.5, 0.6) is 0 Å². The third-order valence-corrected chi connectivity index (χ3v) is 12.1. The fourth-order valence-corrected chi connectivity index (χ4v) is 9.08. The van der Waals surface area contributed by atoms with Crippen molar-refractivity contribution in [1.29, 1.82) is 0 Å². The summed E-state index contributed by atoms with van der Waals surface area (Å²) in [5.74, 6) is -3.06. The third kappa shape index (κ3) is 7.00. The Hall–Kier alpha value is -2.92. The summed E-state index contributed by atoms with van der Waals surface area (Å²) in [5.41, 5.74) is 2.29. The fraction of sp³-hybridized carbons (Fsp3) is 0.600. The molecule has 4 aliphatic heterocycles. The first kappa shape index (κ1) is 33.0. The maximum Gasteiger partial charge on any atom is 0.276 e. The van der Waals surface area contributed by atoms with Gasteiger partial charge in [0.15, 0.2) is 5.82 Å². The zero-order valence-corrected chi connectivity index (χ0v) is 27.6. The van der Waals surface area contributed by atoms with Gasteiger partial charge in [-0.3, -0.25) is 4.79 Å². The zero-order chi connectivity index (χ0) is 32.6. The zero-order valence-electron chi connectivity index (χ0n) is 26.8. The molecule has 1 unspecified atom stereocenters. The van der Waals surface area contributed by atoms with Crippen LogP contribution in [0.2, 0.25) is 0 Å². The van der Waals surface area contributed by atoms with E-state index in [4.69, 9.17) is 0 Å². The van der Waals surface area contributed by atoms with E-state index in [1.54, 1.807) is 19.2 Å². The second-order valence-corrected chi connectivity index (χ2v) is 16.0. The fourth-order valence-electron chi connectivity index (χ4n) is 7.59. The molecule has 0 radical (unpaired) electrons. The number of alkyl halides is 3. The highest BCUT2D eigenvalue weighted by molar-refractivity contribution is 7.91. The normalized spacial score (nSPS) is 27.6. The van der Waals surface area contributed by atoms with Gasteiger partial charge in [0.05, 0.1) is 22.9 Å². The maximum absolute atomic E-state index is 15.9. The molecular formula is C35H45F3N4O3S. The summed E-state index contributed by atoms with van der Waals surface area (Å²) in [4.78, 5) is 15.6. The first-order chi connectivity index (χ1) is 21.9. The van der Waals surface area contributed by atoms with Crippen LogP contribution in [0.1, 0.15) is 92.5 Å². The van der Waals surface area contributed by atoms with Gasteiger partial charge in [-0.1, -0.05) is 37.1 Å². The largest absolute Gasteiger partial charge is 0.362 e. The van der Waals surface area contributed by atoms with Gasteiger partial charge in [0, 0.05) is 30.5 Å². The molecule has 0 saturated carbocycles. The van der Waals surface area contributed by atoms with E-state index < -0.39 is 33.9 Å². The molecule has 2 aromatic carbocycles. The van der Waals surface area contributed by atoms with Crippen molar-refractivity contribution in [3.05, 3.63) is 69.0 Å². The number of fused-ring (bicyclic) bond motifs is 9. The average Bonchev–Trinajstić information content (AvgIpc) is 3.03. The van der Waals surface area contributed by atoms with Gasteiger partial charge in [0.25, 0.3) is 11.5 Å². The Morgan fingerprint density at radius 1 is 0.957 bits per heavy atom. The first-order valence-corrected chi connectivity index (χ1v) is 18.6. The summed E-state index contributed by atoms with van der Waals surface area (Å²) in [6.07, 6.45) is 3.99. The summed E-state index contributed by atoms with van der Waals surface area (Å²) < 4.78 is 72.5. The van der Waals surface area contributed by atoms with Crippen LogP contribution in [-0.2, 0) is 29.2 Å². The van der Waals surface area contributed by atoms with E-state index in [1.807, 2.05) is 24.0 Å². The van der Waals surface area contributed by atoms with Crippen molar-refractivity contribution < 1.29 is 21.6 Å². The third-order valence-electron chi connectivity index (χ3n) is 10.4. The van der Waals surface area contributed by atoms with Gasteiger partial charge < -0.3 is 10.2 Å². The number of halogens is 3. The van der Waals surface area contributed by atoms with Crippen molar-refractivity contribution in [2.24, 2.45) is 13.0 Å². The van der Waals surface area contributed by atoms with Gasteiger partial charge in [0.1, 0.15) is 16.0 Å². The Bertz CT molecular complexity index is 1720. The van der Waals surface area contributed by atoms with E-state index in [0.717, 1.165) is 24.0 Å². The number of anilines is 1. The minimum absolute atomic E-state index is 0.0264. The number of benzene rings is 2. The average molecular weight is 659 g/mol. The van der Waals surface area contributed by atoms with E-state index in [0.29, 0.717) is 80.2 Å². The molecule has 2 saturated heterocycles. The Balaban J connectivity index is 1.42. The van der Waals surface area contributed by atoms with Crippen LogP contribution in [0, 0.1) is 5.92 Å². The lowest BCUT2D eigenvalue weighted by Gasteiger charge is -2.36. The van der Waals surface area contributed by atoms with E-state index in [2.05, 4.69) is 16.5 Å². The smallest absolute Gasteiger partial charge is 0.276 e. The van der Waals surface area contributed by atoms with Crippen LogP contribution in [0.25, 0.3) is 10.8 Å². The van der Waals surface area contributed by atoms with Crippen molar-refractivity contribution >= 4 is 26.4 Å². The molecule has 46 heavy (non-hydrogen) atoms. The van der Waals surface area contributed by atoms with Gasteiger partial charge in [-0.25, -0.2) is 26.3 Å². The lowest BCUT2D eigenvalue weighted by Crippen LogP contribution is -2.42. The summed E-state index contributed by atoms with van der Waals surface area (Å²) in [7, 11) is -1.45. The van der Waals surface area contributed by atoms with E-state index >= 15 is 8.78 Å². The monoisotopic (exact) mass is 658 g/mol. The molecule has 2 fully saturated rings.